The van der Waals surface area contributed by atoms with Gasteiger partial charge in [-0.15, -0.1) is 0 Å². The van der Waals surface area contributed by atoms with Gasteiger partial charge in [-0.3, -0.25) is 0 Å². The molecule has 3 N–H and O–H groups in total. The van der Waals surface area contributed by atoms with E-state index in [0.29, 0.717) is 10.6 Å². The van der Waals surface area contributed by atoms with E-state index in [0.717, 1.165) is 0 Å². The molecule has 0 amide bonds. The minimum atomic E-state index is -3.69. The van der Waals surface area contributed by atoms with E-state index in [4.69, 9.17) is 28.9 Å². The first-order chi connectivity index (χ1) is 8.07. The van der Waals surface area contributed by atoms with Crippen LogP contribution in [0.4, 0.5) is 0 Å². The largest absolute Gasteiger partial charge is 0.326 e. The van der Waals surface area contributed by atoms with Gasteiger partial charge in [0.05, 0.1) is 5.02 Å². The van der Waals surface area contributed by atoms with E-state index in [2.05, 4.69) is 4.72 Å². The van der Waals surface area contributed by atoms with Gasteiger partial charge < -0.3 is 5.73 Å². The van der Waals surface area contributed by atoms with Gasteiger partial charge in [-0.05, 0) is 38.5 Å². The molecule has 0 aliphatic heterocycles. The maximum atomic E-state index is 12.2. The molecule has 1 aromatic carbocycles. The van der Waals surface area contributed by atoms with Gasteiger partial charge in [-0.1, -0.05) is 23.2 Å². The Labute approximate surface area is 118 Å². The summed E-state index contributed by atoms with van der Waals surface area (Å²) < 4.78 is 26.9. The molecule has 0 saturated heterocycles. The Bertz CT molecular complexity index is 551. The normalized spacial score (nSPS) is 12.8. The molecule has 102 valence electrons. The van der Waals surface area contributed by atoms with Crippen molar-refractivity contribution in [2.75, 3.05) is 0 Å². The summed E-state index contributed by atoms with van der Waals surface area (Å²) in [6.07, 6.45) is 0. The van der Waals surface area contributed by atoms with Crippen LogP contribution in [0.2, 0.25) is 10.0 Å². The lowest BCUT2D eigenvalue weighted by atomic mass is 10.1. The van der Waals surface area contributed by atoms with Crippen LogP contribution in [-0.2, 0) is 16.6 Å². The van der Waals surface area contributed by atoms with E-state index < -0.39 is 15.6 Å². The van der Waals surface area contributed by atoms with Crippen LogP contribution < -0.4 is 10.5 Å². The monoisotopic (exact) mass is 310 g/mol. The summed E-state index contributed by atoms with van der Waals surface area (Å²) in [7, 11) is -3.69. The standard InChI is InChI=1S/C11H16Cl2N2O2S/c1-11(2,3)15-18(16,17)10-4-7(6-14)8(12)5-9(10)13/h4-5,15H,6,14H2,1-3H3. The van der Waals surface area contributed by atoms with Gasteiger partial charge in [0.2, 0.25) is 10.0 Å². The van der Waals surface area contributed by atoms with E-state index in [-0.39, 0.29) is 16.5 Å². The van der Waals surface area contributed by atoms with Gasteiger partial charge in [0.1, 0.15) is 4.90 Å². The number of rotatable bonds is 3. The summed E-state index contributed by atoms with van der Waals surface area (Å²) in [4.78, 5) is -0.0102. The average Bonchev–Trinajstić information content (AvgIpc) is 2.13. The van der Waals surface area contributed by atoms with E-state index in [1.165, 1.54) is 12.1 Å². The molecule has 7 heteroatoms. The highest BCUT2D eigenvalue weighted by Gasteiger charge is 2.25. The molecular weight excluding hydrogens is 295 g/mol. The SMILES string of the molecule is CC(C)(C)NS(=O)(=O)c1cc(CN)c(Cl)cc1Cl. The maximum absolute atomic E-state index is 12.2. The second-order valence-electron chi connectivity index (χ2n) is 4.93. The van der Waals surface area contributed by atoms with Crippen LogP contribution in [0.15, 0.2) is 17.0 Å². The van der Waals surface area contributed by atoms with Crippen molar-refractivity contribution >= 4 is 33.2 Å². The lowest BCUT2D eigenvalue weighted by molar-refractivity contribution is 0.491. The lowest BCUT2D eigenvalue weighted by Gasteiger charge is -2.21. The third-order valence-corrected chi connectivity index (χ3v) is 4.63. The van der Waals surface area contributed by atoms with Gasteiger partial charge in [0.25, 0.3) is 0 Å². The lowest BCUT2D eigenvalue weighted by Crippen LogP contribution is -2.40. The van der Waals surface area contributed by atoms with E-state index in [1.54, 1.807) is 20.8 Å². The van der Waals surface area contributed by atoms with Crippen molar-refractivity contribution in [3.63, 3.8) is 0 Å². The van der Waals surface area contributed by atoms with Gasteiger partial charge >= 0.3 is 0 Å². The molecule has 0 atom stereocenters. The molecule has 0 aliphatic rings. The number of nitrogens with two attached hydrogens (primary N) is 1. The topological polar surface area (TPSA) is 72.2 Å². The first-order valence-electron chi connectivity index (χ1n) is 5.29. The summed E-state index contributed by atoms with van der Waals surface area (Å²) in [6.45, 7) is 5.39. The maximum Gasteiger partial charge on any atom is 0.242 e. The highest BCUT2D eigenvalue weighted by atomic mass is 35.5. The zero-order chi connectivity index (χ0) is 14.1. The van der Waals surface area contributed by atoms with Crippen LogP contribution in [0.1, 0.15) is 26.3 Å². The predicted molar refractivity (Wildman–Crippen MR) is 74.4 cm³/mol. The van der Waals surface area contributed by atoms with Crippen LogP contribution in [-0.4, -0.2) is 14.0 Å². The van der Waals surface area contributed by atoms with Gasteiger partial charge in [-0.2, -0.15) is 0 Å². The van der Waals surface area contributed by atoms with E-state index in [9.17, 15) is 8.42 Å². The number of nitrogens with one attached hydrogen (secondary N) is 1. The predicted octanol–water partition coefficient (Wildman–Crippen LogP) is 2.53. The highest BCUT2D eigenvalue weighted by Crippen LogP contribution is 2.29. The second kappa shape index (κ2) is 5.35. The van der Waals surface area contributed by atoms with Crippen molar-refractivity contribution in [3.05, 3.63) is 27.7 Å². The van der Waals surface area contributed by atoms with E-state index in [1.807, 2.05) is 0 Å². The Balaban J connectivity index is 3.33. The number of benzene rings is 1. The fourth-order valence-electron chi connectivity index (χ4n) is 1.39. The van der Waals surface area contributed by atoms with Crippen LogP contribution in [0.3, 0.4) is 0 Å². The number of halogens is 2. The Hall–Kier alpha value is -0.330. The summed E-state index contributed by atoms with van der Waals surface area (Å²) in [5.74, 6) is 0. The molecule has 0 radical (unpaired) electrons. The second-order valence-corrected chi connectivity index (χ2v) is 7.40. The van der Waals surface area contributed by atoms with Crippen LogP contribution in [0, 0.1) is 0 Å². The van der Waals surface area contributed by atoms with Crippen LogP contribution in [0.25, 0.3) is 0 Å². The summed E-state index contributed by atoms with van der Waals surface area (Å²) in [5, 5.41) is 0.436. The number of hydrogen-bond donors (Lipinski definition) is 2. The molecule has 0 aromatic heterocycles. The summed E-state index contributed by atoms with van der Waals surface area (Å²) in [5.41, 5.74) is 5.44. The van der Waals surface area contributed by atoms with Gasteiger partial charge in [0.15, 0.2) is 0 Å². The van der Waals surface area contributed by atoms with Crippen molar-refractivity contribution in [1.82, 2.24) is 4.72 Å². The fraction of sp³-hybridized carbons (Fsp3) is 0.455. The first kappa shape index (κ1) is 15.7. The molecule has 0 unspecified atom stereocenters. The molecule has 0 aliphatic carbocycles. The third kappa shape index (κ3) is 3.83. The number of hydrogen-bond acceptors (Lipinski definition) is 3. The number of sulfonamides is 1. The molecule has 4 nitrogen and oxygen atoms in total. The quantitative estimate of drug-likeness (QED) is 0.901. The molecule has 0 saturated carbocycles. The van der Waals surface area contributed by atoms with E-state index >= 15 is 0 Å². The van der Waals surface area contributed by atoms with Gasteiger partial charge in [0, 0.05) is 17.1 Å². The Morgan fingerprint density at radius 1 is 1.22 bits per heavy atom. The minimum absolute atomic E-state index is 0.0102. The fourth-order valence-corrected chi connectivity index (χ4v) is 3.69. The molecular formula is C11H16Cl2N2O2S. The van der Waals surface area contributed by atoms with Crippen molar-refractivity contribution < 1.29 is 8.42 Å². The molecule has 18 heavy (non-hydrogen) atoms. The smallest absolute Gasteiger partial charge is 0.242 e. The molecule has 0 fully saturated rings. The summed E-state index contributed by atoms with van der Waals surface area (Å²) in [6, 6.07) is 2.79. The van der Waals surface area contributed by atoms with Crippen molar-refractivity contribution in [3.8, 4) is 0 Å². The molecule has 0 spiro atoms. The molecule has 1 aromatic rings. The third-order valence-electron chi connectivity index (χ3n) is 2.05. The Morgan fingerprint density at radius 3 is 2.22 bits per heavy atom. The highest BCUT2D eigenvalue weighted by molar-refractivity contribution is 7.89. The molecule has 0 bridgehead atoms. The summed E-state index contributed by atoms with van der Waals surface area (Å²) >= 11 is 11.8. The van der Waals surface area contributed by atoms with Crippen molar-refractivity contribution in [1.29, 1.82) is 0 Å². The zero-order valence-corrected chi connectivity index (χ0v) is 12.7. The molecule has 0 heterocycles. The average molecular weight is 311 g/mol. The van der Waals surface area contributed by atoms with Crippen LogP contribution in [0.5, 0.6) is 0 Å². The van der Waals surface area contributed by atoms with Crippen LogP contribution >= 0.6 is 23.2 Å². The Kier molecular flexibility index (Phi) is 4.67. The minimum Gasteiger partial charge on any atom is -0.326 e. The van der Waals surface area contributed by atoms with Crippen molar-refractivity contribution in [2.24, 2.45) is 5.73 Å². The van der Waals surface area contributed by atoms with Crippen molar-refractivity contribution in [2.45, 2.75) is 37.8 Å². The first-order valence-corrected chi connectivity index (χ1v) is 7.53. The Morgan fingerprint density at radius 2 is 1.78 bits per heavy atom. The molecule has 1 rings (SSSR count). The van der Waals surface area contributed by atoms with Gasteiger partial charge in [-0.25, -0.2) is 13.1 Å². The zero-order valence-electron chi connectivity index (χ0n) is 10.4.